The van der Waals surface area contributed by atoms with Crippen LogP contribution in [0, 0.1) is 6.92 Å². The van der Waals surface area contributed by atoms with Crippen LogP contribution in [0.15, 0.2) is 47.2 Å². The maximum absolute atomic E-state index is 12.6. The Balaban J connectivity index is 2.14. The van der Waals surface area contributed by atoms with E-state index in [2.05, 4.69) is 20.9 Å². The van der Waals surface area contributed by atoms with E-state index in [1.165, 1.54) is 4.57 Å². The van der Waals surface area contributed by atoms with Crippen LogP contribution >= 0.6 is 15.9 Å². The first-order chi connectivity index (χ1) is 12.2. The van der Waals surface area contributed by atoms with Crippen LogP contribution in [-0.2, 0) is 4.74 Å². The van der Waals surface area contributed by atoms with Gasteiger partial charge in [-0.15, -0.1) is 0 Å². The van der Waals surface area contributed by atoms with Gasteiger partial charge in [0.15, 0.2) is 0 Å². The molecular formula is C20H21BrN2O3. The van der Waals surface area contributed by atoms with Gasteiger partial charge >= 0.3 is 6.09 Å². The molecule has 1 atom stereocenters. The predicted molar refractivity (Wildman–Crippen MR) is 104 cm³/mol. The molecule has 0 aliphatic rings. The first-order valence-electron chi connectivity index (χ1n) is 8.31. The van der Waals surface area contributed by atoms with E-state index in [-0.39, 0.29) is 0 Å². The van der Waals surface area contributed by atoms with Crippen LogP contribution < -0.4 is 0 Å². The van der Waals surface area contributed by atoms with Crippen molar-refractivity contribution in [1.82, 2.24) is 9.55 Å². The smallest absolute Gasteiger partial charge is 0.419 e. The van der Waals surface area contributed by atoms with Gasteiger partial charge in [0.1, 0.15) is 11.7 Å². The third kappa shape index (κ3) is 3.66. The Morgan fingerprint density at radius 3 is 2.62 bits per heavy atom. The normalized spacial score (nSPS) is 13.0. The molecule has 0 bridgehead atoms. The van der Waals surface area contributed by atoms with Crippen molar-refractivity contribution in [3.05, 3.63) is 64.0 Å². The minimum atomic E-state index is -0.958. The third-order valence-electron chi connectivity index (χ3n) is 3.91. The van der Waals surface area contributed by atoms with E-state index in [1.54, 1.807) is 18.5 Å². The van der Waals surface area contributed by atoms with Gasteiger partial charge < -0.3 is 9.84 Å². The molecule has 2 aromatic heterocycles. The Hall–Kier alpha value is -2.18. The van der Waals surface area contributed by atoms with Gasteiger partial charge in [0.2, 0.25) is 0 Å². The van der Waals surface area contributed by atoms with E-state index >= 15 is 0 Å². The number of rotatable bonds is 2. The van der Waals surface area contributed by atoms with Crippen LogP contribution in [0.3, 0.4) is 0 Å². The molecule has 0 aliphatic heterocycles. The summed E-state index contributed by atoms with van der Waals surface area (Å²) in [6.45, 7) is 7.39. The molecule has 6 heteroatoms. The Kier molecular flexibility index (Phi) is 4.90. The van der Waals surface area contributed by atoms with Crippen LogP contribution in [0.4, 0.5) is 4.79 Å². The molecule has 1 unspecified atom stereocenters. The average molecular weight is 417 g/mol. The molecule has 1 N–H and O–H groups in total. The predicted octanol–water partition coefficient (Wildman–Crippen LogP) is 4.97. The zero-order chi connectivity index (χ0) is 19.1. The molecule has 0 amide bonds. The van der Waals surface area contributed by atoms with Crippen LogP contribution in [0.1, 0.15) is 43.7 Å². The minimum Gasteiger partial charge on any atom is -0.443 e. The number of aliphatic hydroxyl groups is 1. The molecule has 0 fully saturated rings. The SMILES string of the molecule is Cc1ccc(C(O)c2cn(C(=O)OC(C)(C)C)c3cccc(Br)c23)nc1. The molecule has 3 rings (SSSR count). The molecule has 0 spiro atoms. The zero-order valence-corrected chi connectivity index (χ0v) is 16.7. The summed E-state index contributed by atoms with van der Waals surface area (Å²) in [7, 11) is 0. The lowest BCUT2D eigenvalue weighted by Crippen LogP contribution is -2.26. The first-order valence-corrected chi connectivity index (χ1v) is 9.10. The van der Waals surface area contributed by atoms with Crippen molar-refractivity contribution in [1.29, 1.82) is 0 Å². The maximum atomic E-state index is 12.6. The molecular weight excluding hydrogens is 396 g/mol. The number of ether oxygens (including phenoxy) is 1. The minimum absolute atomic E-state index is 0.490. The van der Waals surface area contributed by atoms with E-state index < -0.39 is 17.8 Å². The molecule has 2 heterocycles. The average Bonchev–Trinajstić information content (AvgIpc) is 2.94. The number of halogens is 1. The van der Waals surface area contributed by atoms with Gasteiger partial charge in [-0.25, -0.2) is 4.79 Å². The molecule has 0 aliphatic carbocycles. The van der Waals surface area contributed by atoms with Crippen molar-refractivity contribution in [2.75, 3.05) is 0 Å². The topological polar surface area (TPSA) is 64.4 Å². The molecule has 5 nitrogen and oxygen atoms in total. The zero-order valence-electron chi connectivity index (χ0n) is 15.2. The maximum Gasteiger partial charge on any atom is 0.419 e. The van der Waals surface area contributed by atoms with Crippen molar-refractivity contribution in [2.45, 2.75) is 39.4 Å². The lowest BCUT2D eigenvalue weighted by Gasteiger charge is -2.19. The fraction of sp³-hybridized carbons (Fsp3) is 0.300. The number of aromatic nitrogens is 2. The highest BCUT2D eigenvalue weighted by atomic mass is 79.9. The Labute approximate surface area is 160 Å². The van der Waals surface area contributed by atoms with Gasteiger partial charge in [-0.05, 0) is 51.5 Å². The monoisotopic (exact) mass is 416 g/mol. The summed E-state index contributed by atoms with van der Waals surface area (Å²) in [6, 6.07) is 9.22. The molecule has 3 aromatic rings. The highest BCUT2D eigenvalue weighted by molar-refractivity contribution is 9.10. The summed E-state index contributed by atoms with van der Waals surface area (Å²) in [6.07, 6.45) is 1.88. The van der Waals surface area contributed by atoms with E-state index in [0.717, 1.165) is 15.4 Å². The van der Waals surface area contributed by atoms with Crippen LogP contribution in [0.2, 0.25) is 0 Å². The number of carbonyl (C=O) groups is 1. The first kappa shape index (κ1) is 18.6. The summed E-state index contributed by atoms with van der Waals surface area (Å²) < 4.78 is 7.72. The van der Waals surface area contributed by atoms with E-state index in [1.807, 2.05) is 52.0 Å². The van der Waals surface area contributed by atoms with Gasteiger partial charge in [0.25, 0.3) is 0 Å². The van der Waals surface area contributed by atoms with Gasteiger partial charge in [0.05, 0.1) is 11.2 Å². The fourth-order valence-corrected chi connectivity index (χ4v) is 3.33. The Morgan fingerprint density at radius 2 is 2.00 bits per heavy atom. The largest absolute Gasteiger partial charge is 0.443 e. The van der Waals surface area contributed by atoms with Crippen LogP contribution in [0.25, 0.3) is 10.9 Å². The highest BCUT2D eigenvalue weighted by Gasteiger charge is 2.25. The Bertz CT molecular complexity index is 956. The van der Waals surface area contributed by atoms with Gasteiger partial charge in [-0.2, -0.15) is 0 Å². The number of hydrogen-bond acceptors (Lipinski definition) is 4. The summed E-state index contributed by atoms with van der Waals surface area (Å²) in [5.41, 5.74) is 2.18. The lowest BCUT2D eigenvalue weighted by molar-refractivity contribution is 0.0544. The van der Waals surface area contributed by atoms with E-state index in [9.17, 15) is 9.90 Å². The van der Waals surface area contributed by atoms with Gasteiger partial charge in [0, 0.05) is 27.8 Å². The number of aryl methyl sites for hydroxylation is 1. The number of hydrogen-bond donors (Lipinski definition) is 1. The number of aliphatic hydroxyl groups excluding tert-OH is 1. The molecule has 136 valence electrons. The summed E-state index contributed by atoms with van der Waals surface area (Å²) in [4.78, 5) is 16.9. The number of fused-ring (bicyclic) bond motifs is 1. The third-order valence-corrected chi connectivity index (χ3v) is 4.57. The quantitative estimate of drug-likeness (QED) is 0.640. The second-order valence-corrected chi connectivity index (χ2v) is 8.09. The van der Waals surface area contributed by atoms with Crippen LogP contribution in [0.5, 0.6) is 0 Å². The summed E-state index contributed by atoms with van der Waals surface area (Å²) in [5, 5.41) is 11.6. The van der Waals surface area contributed by atoms with Crippen molar-refractivity contribution in [3.63, 3.8) is 0 Å². The van der Waals surface area contributed by atoms with E-state index in [4.69, 9.17) is 4.74 Å². The number of nitrogens with zero attached hydrogens (tertiary/aromatic N) is 2. The lowest BCUT2D eigenvalue weighted by atomic mass is 10.0. The fourth-order valence-electron chi connectivity index (χ4n) is 2.74. The van der Waals surface area contributed by atoms with E-state index in [0.29, 0.717) is 16.8 Å². The molecule has 26 heavy (non-hydrogen) atoms. The molecule has 0 saturated carbocycles. The second-order valence-electron chi connectivity index (χ2n) is 7.23. The summed E-state index contributed by atoms with van der Waals surface area (Å²) >= 11 is 3.53. The van der Waals surface area contributed by atoms with Gasteiger partial charge in [-0.1, -0.05) is 28.1 Å². The summed E-state index contributed by atoms with van der Waals surface area (Å²) in [5.74, 6) is 0. The number of pyridine rings is 1. The Morgan fingerprint density at radius 1 is 1.27 bits per heavy atom. The van der Waals surface area contributed by atoms with Crippen molar-refractivity contribution in [2.24, 2.45) is 0 Å². The molecule has 1 aromatic carbocycles. The second kappa shape index (κ2) is 6.85. The van der Waals surface area contributed by atoms with Crippen molar-refractivity contribution >= 4 is 32.9 Å². The van der Waals surface area contributed by atoms with Crippen molar-refractivity contribution < 1.29 is 14.6 Å². The van der Waals surface area contributed by atoms with Crippen molar-refractivity contribution in [3.8, 4) is 0 Å². The standard InChI is InChI=1S/C20H21BrN2O3/c1-12-8-9-15(22-10-12)18(24)13-11-23(19(25)26-20(2,3)4)16-7-5-6-14(21)17(13)16/h5-11,18,24H,1-4H3. The number of carbonyl (C=O) groups excluding carboxylic acids is 1. The van der Waals surface area contributed by atoms with Crippen LogP contribution in [-0.4, -0.2) is 26.4 Å². The highest BCUT2D eigenvalue weighted by Crippen LogP contribution is 2.35. The molecule has 0 saturated heterocycles. The van der Waals surface area contributed by atoms with Gasteiger partial charge in [-0.3, -0.25) is 9.55 Å². The molecule has 0 radical (unpaired) electrons. The number of benzene rings is 1.